The molecule has 2 rings (SSSR count). The molecule has 2 heterocycles. The van der Waals surface area contributed by atoms with Gasteiger partial charge in [-0.3, -0.25) is 0 Å². The van der Waals surface area contributed by atoms with Gasteiger partial charge in [0.1, 0.15) is 6.33 Å². The molecule has 1 aromatic rings. The van der Waals surface area contributed by atoms with E-state index in [4.69, 9.17) is 0 Å². The van der Waals surface area contributed by atoms with Gasteiger partial charge in [0, 0.05) is 6.54 Å². The molecule has 0 aromatic carbocycles. The number of piperidine rings is 1. The molecule has 1 aliphatic heterocycles. The van der Waals surface area contributed by atoms with E-state index < -0.39 is 0 Å². The summed E-state index contributed by atoms with van der Waals surface area (Å²) in [7, 11) is 2.16. The van der Waals surface area contributed by atoms with Crippen molar-refractivity contribution in [2.24, 2.45) is 5.92 Å². The summed E-state index contributed by atoms with van der Waals surface area (Å²) in [6.07, 6.45) is 5.59. The van der Waals surface area contributed by atoms with Crippen LogP contribution in [0.2, 0.25) is 0 Å². The molecule has 1 N–H and O–H groups in total. The molecule has 4 nitrogen and oxygen atoms in total. The summed E-state index contributed by atoms with van der Waals surface area (Å²) in [6, 6.07) is 0. The average molecular weight is 266 g/mol. The highest BCUT2D eigenvalue weighted by Gasteiger charge is 2.16. The SMILES string of the molecule is CCc1ncnc(NCCC2CCN(C)CC2)c1F. The Bertz CT molecular complexity index is 402. The standard InChI is InChI=1S/C14H23FN4/c1-3-12-13(15)14(18-10-17-12)16-7-4-11-5-8-19(2)9-6-11/h10-11H,3-9H2,1-2H3,(H,16,17,18). The topological polar surface area (TPSA) is 41.1 Å². The Balaban J connectivity index is 1.79. The van der Waals surface area contributed by atoms with Crippen LogP contribution in [0.5, 0.6) is 0 Å². The lowest BCUT2D eigenvalue weighted by atomic mass is 9.94. The van der Waals surface area contributed by atoms with Crippen molar-refractivity contribution in [3.63, 3.8) is 0 Å². The molecule has 19 heavy (non-hydrogen) atoms. The summed E-state index contributed by atoms with van der Waals surface area (Å²) in [4.78, 5) is 10.3. The van der Waals surface area contributed by atoms with Crippen molar-refractivity contribution in [2.75, 3.05) is 32.0 Å². The van der Waals surface area contributed by atoms with Crippen molar-refractivity contribution in [2.45, 2.75) is 32.6 Å². The van der Waals surface area contributed by atoms with Crippen molar-refractivity contribution in [3.05, 3.63) is 17.8 Å². The maximum atomic E-state index is 13.9. The predicted molar refractivity (Wildman–Crippen MR) is 74.7 cm³/mol. The summed E-state index contributed by atoms with van der Waals surface area (Å²) in [5, 5.41) is 3.11. The first-order chi connectivity index (χ1) is 9.20. The molecular formula is C14H23FN4. The molecule has 0 atom stereocenters. The number of likely N-dealkylation sites (tertiary alicyclic amines) is 1. The highest BCUT2D eigenvalue weighted by Crippen LogP contribution is 2.20. The van der Waals surface area contributed by atoms with Gasteiger partial charge in [0.2, 0.25) is 0 Å². The molecule has 1 aromatic heterocycles. The van der Waals surface area contributed by atoms with E-state index in [1.54, 1.807) is 0 Å². The molecule has 0 aliphatic carbocycles. The lowest BCUT2D eigenvalue weighted by Crippen LogP contribution is -2.30. The Hall–Kier alpha value is -1.23. The van der Waals surface area contributed by atoms with E-state index in [2.05, 4.69) is 27.2 Å². The van der Waals surface area contributed by atoms with Gasteiger partial charge in [-0.25, -0.2) is 14.4 Å². The quantitative estimate of drug-likeness (QED) is 0.888. The van der Waals surface area contributed by atoms with Crippen LogP contribution >= 0.6 is 0 Å². The molecule has 1 aliphatic rings. The van der Waals surface area contributed by atoms with Gasteiger partial charge in [0.15, 0.2) is 11.6 Å². The molecule has 0 unspecified atom stereocenters. The number of hydrogen-bond donors (Lipinski definition) is 1. The number of aryl methyl sites for hydroxylation is 1. The summed E-state index contributed by atoms with van der Waals surface area (Å²) < 4.78 is 13.9. The largest absolute Gasteiger partial charge is 0.368 e. The molecule has 0 radical (unpaired) electrons. The highest BCUT2D eigenvalue weighted by atomic mass is 19.1. The lowest BCUT2D eigenvalue weighted by molar-refractivity contribution is 0.215. The van der Waals surface area contributed by atoms with Gasteiger partial charge in [-0.05, 0) is 51.7 Å². The fourth-order valence-electron chi connectivity index (χ4n) is 2.52. The van der Waals surface area contributed by atoms with Crippen LogP contribution in [0.25, 0.3) is 0 Å². The van der Waals surface area contributed by atoms with Crippen LogP contribution in [0.4, 0.5) is 10.2 Å². The normalized spacial score (nSPS) is 17.6. The summed E-state index contributed by atoms with van der Waals surface area (Å²) in [5.41, 5.74) is 0.483. The second kappa shape index (κ2) is 6.80. The number of hydrogen-bond acceptors (Lipinski definition) is 4. The van der Waals surface area contributed by atoms with Gasteiger partial charge >= 0.3 is 0 Å². The predicted octanol–water partition coefficient (Wildman–Crippen LogP) is 2.32. The summed E-state index contributed by atoms with van der Waals surface area (Å²) in [6.45, 7) is 5.03. The third-order valence-electron chi connectivity index (χ3n) is 3.88. The third-order valence-corrected chi connectivity index (χ3v) is 3.88. The van der Waals surface area contributed by atoms with Crippen molar-refractivity contribution in [1.82, 2.24) is 14.9 Å². The number of nitrogens with zero attached hydrogens (tertiary/aromatic N) is 3. The van der Waals surface area contributed by atoms with Gasteiger partial charge in [0.05, 0.1) is 5.69 Å². The first-order valence-electron chi connectivity index (χ1n) is 7.12. The second-order valence-corrected chi connectivity index (χ2v) is 5.30. The van der Waals surface area contributed by atoms with Crippen molar-refractivity contribution >= 4 is 5.82 Å². The number of anilines is 1. The lowest BCUT2D eigenvalue weighted by Gasteiger charge is -2.28. The van der Waals surface area contributed by atoms with E-state index in [0.717, 1.165) is 18.9 Å². The van der Waals surface area contributed by atoms with Gasteiger partial charge < -0.3 is 10.2 Å². The minimum atomic E-state index is -0.298. The van der Waals surface area contributed by atoms with Crippen LogP contribution in [0.3, 0.4) is 0 Å². The van der Waals surface area contributed by atoms with Crippen LogP contribution in [0.1, 0.15) is 31.9 Å². The van der Waals surface area contributed by atoms with E-state index in [0.29, 0.717) is 17.9 Å². The van der Waals surface area contributed by atoms with E-state index in [1.165, 1.54) is 32.3 Å². The van der Waals surface area contributed by atoms with Crippen LogP contribution in [-0.4, -0.2) is 41.5 Å². The van der Waals surface area contributed by atoms with Crippen molar-refractivity contribution in [1.29, 1.82) is 0 Å². The maximum absolute atomic E-state index is 13.9. The first kappa shape index (κ1) is 14.2. The zero-order valence-corrected chi connectivity index (χ0v) is 11.8. The van der Waals surface area contributed by atoms with Gasteiger partial charge in [0.25, 0.3) is 0 Å². The molecule has 0 amide bonds. The number of aromatic nitrogens is 2. The van der Waals surface area contributed by atoms with Crippen LogP contribution in [0.15, 0.2) is 6.33 Å². The van der Waals surface area contributed by atoms with Gasteiger partial charge in [-0.15, -0.1) is 0 Å². The smallest absolute Gasteiger partial charge is 0.186 e. The summed E-state index contributed by atoms with van der Waals surface area (Å²) >= 11 is 0. The third kappa shape index (κ3) is 3.86. The Kier molecular flexibility index (Phi) is 5.07. The second-order valence-electron chi connectivity index (χ2n) is 5.30. The number of rotatable bonds is 5. The first-order valence-corrected chi connectivity index (χ1v) is 7.12. The van der Waals surface area contributed by atoms with Crippen molar-refractivity contribution < 1.29 is 4.39 Å². The zero-order chi connectivity index (χ0) is 13.7. The fourth-order valence-corrected chi connectivity index (χ4v) is 2.52. The molecule has 0 bridgehead atoms. The Morgan fingerprint density at radius 1 is 1.37 bits per heavy atom. The van der Waals surface area contributed by atoms with Crippen LogP contribution in [0, 0.1) is 11.7 Å². The highest BCUT2D eigenvalue weighted by molar-refractivity contribution is 5.37. The number of halogens is 1. The number of nitrogens with one attached hydrogen (secondary N) is 1. The minimum Gasteiger partial charge on any atom is -0.368 e. The molecule has 0 spiro atoms. The fraction of sp³-hybridized carbons (Fsp3) is 0.714. The Morgan fingerprint density at radius 3 is 2.79 bits per heavy atom. The molecule has 5 heteroatoms. The Morgan fingerprint density at radius 2 is 2.11 bits per heavy atom. The maximum Gasteiger partial charge on any atom is 0.186 e. The summed E-state index contributed by atoms with van der Waals surface area (Å²) in [5.74, 6) is 0.799. The van der Waals surface area contributed by atoms with E-state index in [-0.39, 0.29) is 5.82 Å². The zero-order valence-electron chi connectivity index (χ0n) is 11.8. The Labute approximate surface area is 114 Å². The van der Waals surface area contributed by atoms with Gasteiger partial charge in [-0.1, -0.05) is 6.92 Å². The molecule has 0 saturated carbocycles. The molecular weight excluding hydrogens is 243 g/mol. The molecule has 106 valence electrons. The van der Waals surface area contributed by atoms with Crippen molar-refractivity contribution in [3.8, 4) is 0 Å². The van der Waals surface area contributed by atoms with Gasteiger partial charge in [-0.2, -0.15) is 0 Å². The molecule has 1 fully saturated rings. The van der Waals surface area contributed by atoms with E-state index >= 15 is 0 Å². The van der Waals surface area contributed by atoms with Crippen LogP contribution < -0.4 is 5.32 Å². The van der Waals surface area contributed by atoms with E-state index in [9.17, 15) is 4.39 Å². The monoisotopic (exact) mass is 266 g/mol. The molecule has 1 saturated heterocycles. The minimum absolute atomic E-state index is 0.298. The average Bonchev–Trinajstić information content (AvgIpc) is 2.43. The van der Waals surface area contributed by atoms with E-state index in [1.807, 2.05) is 6.92 Å². The van der Waals surface area contributed by atoms with Crippen LogP contribution in [-0.2, 0) is 6.42 Å².